The van der Waals surface area contributed by atoms with E-state index in [1.165, 1.54) is 31.2 Å². The maximum atomic E-state index is 13.9. The van der Waals surface area contributed by atoms with Crippen LogP contribution in [0.1, 0.15) is 34.5 Å². The quantitative estimate of drug-likeness (QED) is 0.462. The zero-order valence-electron chi connectivity index (χ0n) is 26.3. The van der Waals surface area contributed by atoms with Crippen molar-refractivity contribution in [3.05, 3.63) is 71.1 Å². The fraction of sp³-hybridized carbons (Fsp3) is 0.269. The number of nitrogens with one attached hydrogen (secondary N) is 1. The van der Waals surface area contributed by atoms with Gasteiger partial charge in [-0.05, 0) is 63.8 Å². The van der Waals surface area contributed by atoms with Crippen LogP contribution in [0.4, 0.5) is 15.8 Å². The summed E-state index contributed by atoms with van der Waals surface area (Å²) in [7, 11) is 3.57. The number of aryl methyl sites for hydroxylation is 1. The molecule has 2 aromatic carbocycles. The summed E-state index contributed by atoms with van der Waals surface area (Å²) in [6.45, 7) is -4.68. The summed E-state index contributed by atoms with van der Waals surface area (Å²) in [6, 6.07) is 4.65. The minimum atomic E-state index is -3.31. The molecule has 0 aliphatic heterocycles. The van der Waals surface area contributed by atoms with Crippen molar-refractivity contribution in [1.82, 2.24) is 9.88 Å². The molecule has 0 atom stereocenters. The van der Waals surface area contributed by atoms with Crippen molar-refractivity contribution in [3.8, 4) is 11.8 Å². The van der Waals surface area contributed by atoms with E-state index < -0.39 is 55.4 Å². The van der Waals surface area contributed by atoms with Crippen LogP contribution in [0.25, 0.3) is 10.9 Å². The maximum absolute atomic E-state index is 13.9. The highest BCUT2D eigenvalue weighted by Crippen LogP contribution is 2.34. The fourth-order valence-electron chi connectivity index (χ4n) is 3.03. The van der Waals surface area contributed by atoms with Crippen LogP contribution < -0.4 is 10.1 Å². The number of halogens is 1. The summed E-state index contributed by atoms with van der Waals surface area (Å²) in [4.78, 5) is 18.6. The Kier molecular flexibility index (Phi) is 4.91. The molecule has 170 valence electrons. The maximum Gasteiger partial charge on any atom is 0.159 e. The van der Waals surface area contributed by atoms with E-state index in [0.717, 1.165) is 0 Å². The van der Waals surface area contributed by atoms with E-state index in [0.29, 0.717) is 12.2 Å². The molecule has 0 unspecified atom stereocenters. The summed E-state index contributed by atoms with van der Waals surface area (Å²) in [5.41, 5.74) is -0.533. The van der Waals surface area contributed by atoms with E-state index >= 15 is 0 Å². The third-order valence-corrected chi connectivity index (χ3v) is 4.62. The van der Waals surface area contributed by atoms with Gasteiger partial charge < -0.3 is 15.0 Å². The van der Waals surface area contributed by atoms with Crippen LogP contribution in [0.5, 0.6) is 5.75 Å². The summed E-state index contributed by atoms with van der Waals surface area (Å²) >= 11 is 0. The highest BCUT2D eigenvalue weighted by Gasteiger charge is 2.16. The summed E-state index contributed by atoms with van der Waals surface area (Å²) in [6.07, 6.45) is 1.63. The second-order valence-electron chi connectivity index (χ2n) is 7.47. The monoisotopic (exact) mass is 454 g/mol. The van der Waals surface area contributed by atoms with Crippen molar-refractivity contribution in [2.24, 2.45) is 0 Å². The van der Waals surface area contributed by atoms with Gasteiger partial charge in [0.2, 0.25) is 0 Å². The molecule has 0 fully saturated rings. The van der Waals surface area contributed by atoms with Gasteiger partial charge >= 0.3 is 0 Å². The van der Waals surface area contributed by atoms with Crippen molar-refractivity contribution >= 4 is 28.1 Å². The Morgan fingerprint density at radius 2 is 2.27 bits per heavy atom. The summed E-state index contributed by atoms with van der Waals surface area (Å²) < 4.78 is 83.6. The first-order valence-electron chi connectivity index (χ1n) is 13.9. The molecule has 0 aliphatic rings. The van der Waals surface area contributed by atoms with E-state index in [1.807, 2.05) is 6.07 Å². The molecule has 1 heterocycles. The second-order valence-corrected chi connectivity index (χ2v) is 7.47. The van der Waals surface area contributed by atoms with Gasteiger partial charge in [0.15, 0.2) is 5.78 Å². The summed E-state index contributed by atoms with van der Waals surface area (Å²) in [5, 5.41) is 12.6. The Hall–Kier alpha value is -3.76. The number of aromatic nitrogens is 1. The van der Waals surface area contributed by atoms with E-state index in [4.69, 9.17) is 15.7 Å². The number of benzene rings is 2. The first kappa shape index (κ1) is 15.1. The standard InChI is InChI=1S/C26H27FN4O2/c1-5-33-25-14-24-22(13-18(25)12-21(32)7-6-10-31(3)4)26(19(15-28)16-29-24)30-20-8-9-23(27)17(2)11-20/h6-9,11,13-14,16H,5,10,12H2,1-4H3,(H,29,30)/b7-6+/i1D3,5D2,13D,14D,16D. The SMILES string of the molecule is [2H]c1nc2c([2H])c(OC([2H])([2H])C([2H])([2H])[2H])c(CC(=O)/C=C/CN(C)C)c([2H])c2c(Nc2ccc(F)c(C)c2)c1C#N. The van der Waals surface area contributed by atoms with Crippen molar-refractivity contribution in [1.29, 1.82) is 5.26 Å². The number of allylic oxidation sites excluding steroid dienone is 1. The molecule has 7 heteroatoms. The van der Waals surface area contributed by atoms with Crippen molar-refractivity contribution in [3.63, 3.8) is 0 Å². The molecule has 3 rings (SSSR count). The molecule has 3 aromatic rings. The molecule has 0 amide bonds. The van der Waals surface area contributed by atoms with Crippen LogP contribution >= 0.6 is 0 Å². The van der Waals surface area contributed by atoms with E-state index in [9.17, 15) is 14.4 Å². The molecule has 6 nitrogen and oxygen atoms in total. The number of fused-ring (bicyclic) bond motifs is 1. The minimum Gasteiger partial charge on any atom is -0.494 e. The topological polar surface area (TPSA) is 78.2 Å². The molecular formula is C26H27FN4O2. The van der Waals surface area contributed by atoms with Gasteiger partial charge in [-0.3, -0.25) is 9.78 Å². The van der Waals surface area contributed by atoms with Gasteiger partial charge in [-0.1, -0.05) is 6.08 Å². The molecule has 0 spiro atoms. The molecule has 0 saturated heterocycles. The number of nitriles is 1. The number of likely N-dealkylation sites (N-methyl/N-ethyl adjacent to an activating group) is 1. The smallest absolute Gasteiger partial charge is 0.159 e. The average Bonchev–Trinajstić information content (AvgIpc) is 2.85. The number of carbonyl (C=O) groups is 1. The molecule has 33 heavy (non-hydrogen) atoms. The van der Waals surface area contributed by atoms with Crippen molar-refractivity contribution < 1.29 is 24.9 Å². The zero-order chi connectivity index (χ0) is 30.9. The number of anilines is 2. The van der Waals surface area contributed by atoms with E-state index in [2.05, 4.69) is 10.3 Å². The van der Waals surface area contributed by atoms with Gasteiger partial charge in [-0.2, -0.15) is 5.26 Å². The fourth-order valence-corrected chi connectivity index (χ4v) is 3.03. The lowest BCUT2D eigenvalue weighted by Crippen LogP contribution is -2.11. The van der Waals surface area contributed by atoms with Crippen LogP contribution in [0, 0.1) is 24.1 Å². The first-order chi connectivity index (χ1) is 19.0. The Bertz CT molecular complexity index is 1580. The second kappa shape index (κ2) is 10.7. The lowest BCUT2D eigenvalue weighted by molar-refractivity contribution is -0.114. The van der Waals surface area contributed by atoms with Gasteiger partial charge in [0.05, 0.1) is 30.2 Å². The third-order valence-electron chi connectivity index (χ3n) is 4.62. The van der Waals surface area contributed by atoms with Crippen LogP contribution in [0.3, 0.4) is 0 Å². The molecule has 1 N–H and O–H groups in total. The van der Waals surface area contributed by atoms with E-state index in [-0.39, 0.29) is 33.3 Å². The van der Waals surface area contributed by atoms with Crippen LogP contribution in [0.2, 0.25) is 0 Å². The average molecular weight is 455 g/mol. The highest BCUT2D eigenvalue weighted by molar-refractivity contribution is 5.98. The van der Waals surface area contributed by atoms with Gasteiger partial charge in [0.25, 0.3) is 0 Å². The molecule has 1 aromatic heterocycles. The Morgan fingerprint density at radius 3 is 2.97 bits per heavy atom. The number of pyridine rings is 1. The van der Waals surface area contributed by atoms with Gasteiger partial charge in [0, 0.05) is 45.9 Å². The lowest BCUT2D eigenvalue weighted by atomic mass is 10.0. The van der Waals surface area contributed by atoms with Crippen molar-refractivity contribution in [2.75, 3.05) is 32.5 Å². The van der Waals surface area contributed by atoms with E-state index in [1.54, 1.807) is 25.1 Å². The molecule has 0 bridgehead atoms. The number of hydrogen-bond donors (Lipinski definition) is 1. The van der Waals surface area contributed by atoms with Crippen LogP contribution in [-0.4, -0.2) is 42.9 Å². The van der Waals surface area contributed by atoms with Gasteiger partial charge in [-0.15, -0.1) is 0 Å². The minimum absolute atomic E-state index is 0.116. The number of carbonyl (C=O) groups excluding carboxylic acids is 1. The largest absolute Gasteiger partial charge is 0.494 e. The van der Waals surface area contributed by atoms with Crippen LogP contribution in [-0.2, 0) is 11.2 Å². The highest BCUT2D eigenvalue weighted by atomic mass is 19.1. The zero-order valence-corrected chi connectivity index (χ0v) is 18.3. The number of rotatable bonds is 9. The summed E-state index contributed by atoms with van der Waals surface area (Å²) in [5.74, 6) is -1.73. The van der Waals surface area contributed by atoms with Crippen LogP contribution in [0.15, 0.2) is 48.6 Å². The third kappa shape index (κ3) is 5.93. The Morgan fingerprint density at radius 1 is 1.45 bits per heavy atom. The number of ether oxygens (including phenoxy) is 1. The molecular weight excluding hydrogens is 419 g/mol. The molecule has 0 radical (unpaired) electrons. The predicted molar refractivity (Wildman–Crippen MR) is 128 cm³/mol. The predicted octanol–water partition coefficient (Wildman–Crippen LogP) is 4.93. The Labute approximate surface area is 204 Å². The lowest BCUT2D eigenvalue weighted by Gasteiger charge is -2.15. The molecule has 0 aliphatic carbocycles. The number of nitrogens with zero attached hydrogens (tertiary/aromatic N) is 3. The normalized spacial score (nSPS) is 15.5. The number of ketones is 1. The van der Waals surface area contributed by atoms with Gasteiger partial charge in [-0.25, -0.2) is 4.39 Å². The van der Waals surface area contributed by atoms with Gasteiger partial charge in [0.1, 0.15) is 17.6 Å². The Balaban J connectivity index is 2.37. The van der Waals surface area contributed by atoms with Crippen molar-refractivity contribution in [2.45, 2.75) is 20.2 Å². The number of hydrogen-bond acceptors (Lipinski definition) is 6. The molecule has 0 saturated carbocycles. The first-order valence-corrected chi connectivity index (χ1v) is 9.91.